The summed E-state index contributed by atoms with van der Waals surface area (Å²) in [4.78, 5) is 20.4. The first-order valence-corrected chi connectivity index (χ1v) is 2.65. The van der Waals surface area contributed by atoms with E-state index in [1.807, 2.05) is 0 Å². The fraction of sp³-hybridized carbons (Fsp3) is 0.600. The smallest absolute Gasteiger partial charge is 0.407 e. The molecule has 11 heavy (non-hydrogen) atoms. The first kappa shape index (κ1) is 12.7. The number of carbonyl (C=O) groups excluding carboxylic acids is 1. The summed E-state index contributed by atoms with van der Waals surface area (Å²) in [6, 6.07) is -0.910. The van der Waals surface area contributed by atoms with Crippen LogP contribution in [0.15, 0.2) is 0 Å². The first-order chi connectivity index (χ1) is 4.57. The summed E-state index contributed by atoms with van der Waals surface area (Å²) in [5.74, 6) is -1.09. The van der Waals surface area contributed by atoms with Crippen LogP contribution < -0.4 is 5.32 Å². The fourth-order valence-electron chi connectivity index (χ4n) is 0.297. The van der Waals surface area contributed by atoms with Crippen LogP contribution in [0.3, 0.4) is 0 Å². The van der Waals surface area contributed by atoms with Gasteiger partial charge in [0.15, 0.2) is 0 Å². The fourth-order valence-corrected chi connectivity index (χ4v) is 0.297. The van der Waals surface area contributed by atoms with E-state index < -0.39 is 18.1 Å². The third-order valence-corrected chi connectivity index (χ3v) is 0.890. The van der Waals surface area contributed by atoms with Crippen LogP contribution in [0.1, 0.15) is 6.92 Å². The minimum Gasteiger partial charge on any atom is -0.480 e. The number of aliphatic carboxylic acids is 1. The van der Waals surface area contributed by atoms with Gasteiger partial charge in [0.1, 0.15) is 6.04 Å². The summed E-state index contributed by atoms with van der Waals surface area (Å²) in [6.07, 6.45) is -0.741. The molecule has 0 aromatic heterocycles. The molecule has 0 unspecified atom stereocenters. The average Bonchev–Trinajstić information content (AvgIpc) is 1.87. The summed E-state index contributed by atoms with van der Waals surface area (Å²) in [7, 11) is 1.17. The monoisotopic (exact) mass is 181 g/mol. The quantitative estimate of drug-likeness (QED) is 0.625. The van der Waals surface area contributed by atoms with E-state index in [9.17, 15) is 9.59 Å². The van der Waals surface area contributed by atoms with Gasteiger partial charge in [0.05, 0.1) is 7.11 Å². The number of methoxy groups -OCH3 is 1. The number of carboxylic acids is 1. The largest absolute Gasteiger partial charge is 0.480 e. The van der Waals surface area contributed by atoms with Gasteiger partial charge in [-0.25, -0.2) is 4.79 Å². The van der Waals surface area contributed by atoms with Gasteiger partial charge in [-0.1, -0.05) is 0 Å². The van der Waals surface area contributed by atoms with E-state index in [1.54, 1.807) is 0 Å². The van der Waals surface area contributed by atoms with Crippen molar-refractivity contribution in [1.82, 2.24) is 5.32 Å². The zero-order chi connectivity index (χ0) is 8.15. The maximum absolute atomic E-state index is 10.3. The van der Waals surface area contributed by atoms with Gasteiger partial charge in [-0.2, -0.15) is 13.5 Å². The highest BCUT2D eigenvalue weighted by Gasteiger charge is 2.12. The minimum atomic E-state index is -1.09. The Morgan fingerprint density at radius 1 is 1.55 bits per heavy atom. The lowest BCUT2D eigenvalue weighted by Crippen LogP contribution is -2.38. The molecule has 0 heterocycles. The van der Waals surface area contributed by atoms with Crippen LogP contribution in [-0.4, -0.2) is 30.3 Å². The van der Waals surface area contributed by atoms with Crippen LogP contribution in [0.25, 0.3) is 0 Å². The van der Waals surface area contributed by atoms with Crippen LogP contribution in [0.5, 0.6) is 0 Å². The summed E-state index contributed by atoms with van der Waals surface area (Å²) >= 11 is 0. The Labute approximate surface area is 71.2 Å². The predicted molar refractivity (Wildman–Crippen MR) is 43.0 cm³/mol. The highest BCUT2D eigenvalue weighted by Crippen LogP contribution is 1.81. The number of amides is 1. The Hall–Kier alpha value is -0.910. The lowest BCUT2D eigenvalue weighted by Gasteiger charge is -2.06. The highest BCUT2D eigenvalue weighted by molar-refractivity contribution is 7.59. The maximum Gasteiger partial charge on any atom is 0.407 e. The molecule has 0 aliphatic heterocycles. The molecule has 0 aromatic carbocycles. The second-order valence-corrected chi connectivity index (χ2v) is 1.70. The molecule has 0 saturated heterocycles. The van der Waals surface area contributed by atoms with Crippen LogP contribution in [0, 0.1) is 0 Å². The van der Waals surface area contributed by atoms with Gasteiger partial charge in [0.25, 0.3) is 0 Å². The van der Waals surface area contributed by atoms with E-state index in [1.165, 1.54) is 14.0 Å². The number of hydrogen-bond acceptors (Lipinski definition) is 3. The lowest BCUT2D eigenvalue weighted by atomic mass is 10.4. The Kier molecular flexibility index (Phi) is 6.77. The second-order valence-electron chi connectivity index (χ2n) is 1.70. The third kappa shape index (κ3) is 5.53. The molecule has 0 fully saturated rings. The maximum atomic E-state index is 10.3. The number of carbonyl (C=O) groups is 2. The first-order valence-electron chi connectivity index (χ1n) is 2.65. The summed E-state index contributed by atoms with van der Waals surface area (Å²) in [5, 5.41) is 10.3. The van der Waals surface area contributed by atoms with Crippen molar-refractivity contribution in [2.45, 2.75) is 13.0 Å². The topological polar surface area (TPSA) is 75.6 Å². The molecule has 6 heteroatoms. The number of alkyl carbamates (subject to hydrolysis) is 1. The molecule has 1 amide bonds. The molecule has 0 aliphatic carbocycles. The van der Waals surface area contributed by atoms with Crippen LogP contribution in [0.2, 0.25) is 0 Å². The van der Waals surface area contributed by atoms with Crippen molar-refractivity contribution in [2.24, 2.45) is 0 Å². The van der Waals surface area contributed by atoms with E-state index in [2.05, 4.69) is 10.1 Å². The highest BCUT2D eigenvalue weighted by atomic mass is 32.1. The van der Waals surface area contributed by atoms with Crippen molar-refractivity contribution < 1.29 is 19.4 Å². The van der Waals surface area contributed by atoms with E-state index in [4.69, 9.17) is 5.11 Å². The van der Waals surface area contributed by atoms with Crippen molar-refractivity contribution in [1.29, 1.82) is 0 Å². The van der Waals surface area contributed by atoms with E-state index in [0.29, 0.717) is 0 Å². The Balaban J connectivity index is 0. The van der Waals surface area contributed by atoms with Crippen LogP contribution in [0.4, 0.5) is 4.79 Å². The third-order valence-electron chi connectivity index (χ3n) is 0.890. The molecule has 0 aliphatic rings. The summed E-state index contributed by atoms with van der Waals surface area (Å²) < 4.78 is 4.16. The molecule has 0 saturated carbocycles. The second kappa shape index (κ2) is 5.84. The van der Waals surface area contributed by atoms with Crippen molar-refractivity contribution in [2.75, 3.05) is 7.11 Å². The van der Waals surface area contributed by atoms with Gasteiger partial charge in [-0.05, 0) is 6.92 Å². The van der Waals surface area contributed by atoms with Gasteiger partial charge < -0.3 is 15.2 Å². The molecular formula is C5H11NO4S. The molecule has 0 aromatic rings. The van der Waals surface area contributed by atoms with Gasteiger partial charge in [0.2, 0.25) is 0 Å². The van der Waals surface area contributed by atoms with E-state index in [0.717, 1.165) is 0 Å². The van der Waals surface area contributed by atoms with E-state index >= 15 is 0 Å². The SMILES string of the molecule is COC(=O)N[C@@H](C)C(=O)O.S. The minimum absolute atomic E-state index is 0. The number of ether oxygens (including phenoxy) is 1. The average molecular weight is 181 g/mol. The molecule has 2 N–H and O–H groups in total. The summed E-state index contributed by atoms with van der Waals surface area (Å²) in [5.41, 5.74) is 0. The number of nitrogens with one attached hydrogen (secondary N) is 1. The molecular weight excluding hydrogens is 170 g/mol. The standard InChI is InChI=1S/C5H9NO4.H2S/c1-3(4(7)8)6-5(9)10-2;/h3H,1-2H3,(H,6,9)(H,7,8);1H2/t3-;/m0./s1. The number of carboxylic acid groups (broad SMARTS) is 1. The van der Waals surface area contributed by atoms with Crippen molar-refractivity contribution in [3.63, 3.8) is 0 Å². The molecule has 0 radical (unpaired) electrons. The van der Waals surface area contributed by atoms with Gasteiger partial charge in [-0.3, -0.25) is 4.79 Å². The van der Waals surface area contributed by atoms with Gasteiger partial charge >= 0.3 is 12.1 Å². The Morgan fingerprint density at radius 3 is 2.27 bits per heavy atom. The molecule has 0 rings (SSSR count). The Bertz CT molecular complexity index is 149. The zero-order valence-corrected chi connectivity index (χ0v) is 7.25. The zero-order valence-electron chi connectivity index (χ0n) is 6.25. The molecule has 1 atom stereocenters. The van der Waals surface area contributed by atoms with Gasteiger partial charge in [-0.15, -0.1) is 0 Å². The predicted octanol–water partition coefficient (Wildman–Crippen LogP) is -0.0717. The number of hydrogen-bond donors (Lipinski definition) is 2. The van der Waals surface area contributed by atoms with Crippen LogP contribution >= 0.6 is 13.5 Å². The van der Waals surface area contributed by atoms with Crippen molar-refractivity contribution in [3.05, 3.63) is 0 Å². The molecule has 0 bridgehead atoms. The molecule has 0 spiro atoms. The summed E-state index contributed by atoms with van der Waals surface area (Å²) in [6.45, 7) is 1.35. The van der Waals surface area contributed by atoms with E-state index in [-0.39, 0.29) is 13.5 Å². The number of rotatable bonds is 2. The normalized spacial score (nSPS) is 10.7. The van der Waals surface area contributed by atoms with Crippen molar-refractivity contribution in [3.8, 4) is 0 Å². The lowest BCUT2D eigenvalue weighted by molar-refractivity contribution is -0.138. The van der Waals surface area contributed by atoms with Gasteiger partial charge in [0, 0.05) is 0 Å². The van der Waals surface area contributed by atoms with Crippen molar-refractivity contribution >= 4 is 25.6 Å². The molecule has 66 valence electrons. The Morgan fingerprint density at radius 2 is 2.00 bits per heavy atom. The molecule has 5 nitrogen and oxygen atoms in total. The van der Waals surface area contributed by atoms with Crippen LogP contribution in [-0.2, 0) is 9.53 Å².